The van der Waals surface area contributed by atoms with E-state index in [0.29, 0.717) is 22.5 Å². The van der Waals surface area contributed by atoms with Gasteiger partial charge >= 0.3 is 0 Å². The average molecular weight is 347 g/mol. The Kier molecular flexibility index (Phi) is 4.94. The van der Waals surface area contributed by atoms with Crippen LogP contribution in [0.1, 0.15) is 26.3 Å². The van der Waals surface area contributed by atoms with Crippen LogP contribution < -0.4 is 10.6 Å². The second kappa shape index (κ2) is 7.48. The van der Waals surface area contributed by atoms with E-state index < -0.39 is 0 Å². The predicted octanol–water partition coefficient (Wildman–Crippen LogP) is 3.60. The molecule has 3 rings (SSSR count). The summed E-state index contributed by atoms with van der Waals surface area (Å²) < 4.78 is 0. The number of aromatic hydroxyl groups is 1. The molecule has 0 saturated carbocycles. The number of carbonyl (C=O) groups excluding carboxylic acids is 2. The lowest BCUT2D eigenvalue weighted by Gasteiger charge is -2.10. The Labute approximate surface area is 150 Å². The summed E-state index contributed by atoms with van der Waals surface area (Å²) in [6.45, 7) is 1.86. The fourth-order valence-corrected chi connectivity index (χ4v) is 2.38. The van der Waals surface area contributed by atoms with Crippen LogP contribution in [0.4, 0.5) is 11.4 Å². The van der Waals surface area contributed by atoms with Gasteiger partial charge in [0.15, 0.2) is 0 Å². The maximum Gasteiger partial charge on any atom is 0.257 e. The fourth-order valence-electron chi connectivity index (χ4n) is 2.38. The Morgan fingerprint density at radius 1 is 0.923 bits per heavy atom. The van der Waals surface area contributed by atoms with E-state index >= 15 is 0 Å². The Morgan fingerprint density at radius 2 is 1.69 bits per heavy atom. The van der Waals surface area contributed by atoms with Gasteiger partial charge in [-0.05, 0) is 55.0 Å². The number of rotatable bonds is 4. The van der Waals surface area contributed by atoms with E-state index in [0.717, 1.165) is 5.56 Å². The van der Waals surface area contributed by atoms with E-state index in [9.17, 15) is 14.7 Å². The van der Waals surface area contributed by atoms with Crippen molar-refractivity contribution in [3.8, 4) is 5.75 Å². The van der Waals surface area contributed by atoms with Gasteiger partial charge in [0.1, 0.15) is 5.75 Å². The standard InChI is InChI=1S/C20H17N3O3/c1-13-7-8-18(24)17(10-13)23-19(25)14-4-2-6-16(11-14)22-20(26)15-5-3-9-21-12-15/h2-12,24H,1H3,(H,22,26)(H,23,25). The topological polar surface area (TPSA) is 91.3 Å². The van der Waals surface area contributed by atoms with Gasteiger partial charge in [0.25, 0.3) is 11.8 Å². The minimum absolute atomic E-state index is 0.00927. The molecule has 0 aliphatic carbocycles. The van der Waals surface area contributed by atoms with Gasteiger partial charge in [-0.1, -0.05) is 12.1 Å². The molecule has 1 aromatic heterocycles. The van der Waals surface area contributed by atoms with Crippen LogP contribution in [0.5, 0.6) is 5.75 Å². The van der Waals surface area contributed by atoms with Gasteiger partial charge in [-0.15, -0.1) is 0 Å². The number of phenols is 1. The van der Waals surface area contributed by atoms with Crippen molar-refractivity contribution in [2.24, 2.45) is 0 Å². The van der Waals surface area contributed by atoms with Crippen LogP contribution in [-0.2, 0) is 0 Å². The number of benzene rings is 2. The van der Waals surface area contributed by atoms with Crippen molar-refractivity contribution in [2.45, 2.75) is 6.92 Å². The zero-order valence-electron chi connectivity index (χ0n) is 14.1. The summed E-state index contributed by atoms with van der Waals surface area (Å²) in [5.41, 5.74) is 2.51. The van der Waals surface area contributed by atoms with Crippen molar-refractivity contribution in [3.05, 3.63) is 83.7 Å². The molecular weight excluding hydrogens is 330 g/mol. The highest BCUT2D eigenvalue weighted by molar-refractivity contribution is 6.07. The quantitative estimate of drug-likeness (QED) is 0.629. The zero-order chi connectivity index (χ0) is 18.5. The number of carbonyl (C=O) groups is 2. The maximum absolute atomic E-state index is 12.4. The van der Waals surface area contributed by atoms with Gasteiger partial charge in [-0.25, -0.2) is 0 Å². The van der Waals surface area contributed by atoms with Gasteiger partial charge in [0, 0.05) is 23.6 Å². The number of hydrogen-bond acceptors (Lipinski definition) is 4. The molecule has 0 aliphatic heterocycles. The van der Waals surface area contributed by atoms with Gasteiger partial charge in [-0.2, -0.15) is 0 Å². The van der Waals surface area contributed by atoms with E-state index in [4.69, 9.17) is 0 Å². The van der Waals surface area contributed by atoms with E-state index in [2.05, 4.69) is 15.6 Å². The smallest absolute Gasteiger partial charge is 0.257 e. The second-order valence-corrected chi connectivity index (χ2v) is 5.75. The third kappa shape index (κ3) is 4.05. The molecule has 0 radical (unpaired) electrons. The second-order valence-electron chi connectivity index (χ2n) is 5.75. The number of nitrogens with one attached hydrogen (secondary N) is 2. The molecule has 1 heterocycles. The van der Waals surface area contributed by atoms with E-state index in [1.165, 1.54) is 12.3 Å². The van der Waals surface area contributed by atoms with Crippen LogP contribution in [0.15, 0.2) is 67.0 Å². The largest absolute Gasteiger partial charge is 0.506 e. The summed E-state index contributed by atoms with van der Waals surface area (Å²) in [4.78, 5) is 28.5. The Morgan fingerprint density at radius 3 is 2.46 bits per heavy atom. The summed E-state index contributed by atoms with van der Waals surface area (Å²) in [7, 11) is 0. The van der Waals surface area contributed by atoms with E-state index in [1.807, 2.05) is 6.92 Å². The lowest BCUT2D eigenvalue weighted by atomic mass is 10.1. The van der Waals surface area contributed by atoms with Crippen LogP contribution in [0, 0.1) is 6.92 Å². The molecule has 0 spiro atoms. The van der Waals surface area contributed by atoms with Gasteiger partial charge in [0.05, 0.1) is 11.3 Å². The first-order valence-electron chi connectivity index (χ1n) is 7.95. The molecule has 6 nitrogen and oxygen atoms in total. The lowest BCUT2D eigenvalue weighted by Crippen LogP contribution is -2.15. The summed E-state index contributed by atoms with van der Waals surface area (Å²) in [6, 6.07) is 14.8. The van der Waals surface area contributed by atoms with Crippen LogP contribution in [0.25, 0.3) is 0 Å². The van der Waals surface area contributed by atoms with Crippen molar-refractivity contribution < 1.29 is 14.7 Å². The molecule has 2 aromatic carbocycles. The first-order valence-corrected chi connectivity index (χ1v) is 7.95. The number of amides is 2. The molecule has 26 heavy (non-hydrogen) atoms. The number of anilines is 2. The van der Waals surface area contributed by atoms with Crippen molar-refractivity contribution in [1.29, 1.82) is 0 Å². The van der Waals surface area contributed by atoms with Crippen LogP contribution in [-0.4, -0.2) is 21.9 Å². The summed E-state index contributed by atoms with van der Waals surface area (Å²) >= 11 is 0. The first-order chi connectivity index (χ1) is 12.5. The van der Waals surface area contributed by atoms with E-state index in [1.54, 1.807) is 54.7 Å². The molecule has 2 amide bonds. The van der Waals surface area contributed by atoms with Gasteiger partial charge < -0.3 is 15.7 Å². The third-order valence-corrected chi connectivity index (χ3v) is 3.71. The monoisotopic (exact) mass is 347 g/mol. The first kappa shape index (κ1) is 17.2. The maximum atomic E-state index is 12.4. The SMILES string of the molecule is Cc1ccc(O)c(NC(=O)c2cccc(NC(=O)c3cccnc3)c2)c1. The van der Waals surface area contributed by atoms with Crippen molar-refractivity contribution in [1.82, 2.24) is 4.98 Å². The Balaban J connectivity index is 1.75. The number of aryl methyl sites for hydroxylation is 1. The molecule has 0 bridgehead atoms. The van der Waals surface area contributed by atoms with Crippen LogP contribution in [0.3, 0.4) is 0 Å². The lowest BCUT2D eigenvalue weighted by molar-refractivity contribution is 0.101. The highest BCUT2D eigenvalue weighted by Crippen LogP contribution is 2.24. The molecule has 130 valence electrons. The molecule has 0 fully saturated rings. The third-order valence-electron chi connectivity index (χ3n) is 3.71. The predicted molar refractivity (Wildman–Crippen MR) is 99.4 cm³/mol. The number of pyridine rings is 1. The molecule has 0 atom stereocenters. The molecular formula is C20H17N3O3. The van der Waals surface area contributed by atoms with Crippen LogP contribution in [0.2, 0.25) is 0 Å². The van der Waals surface area contributed by atoms with Crippen molar-refractivity contribution in [3.63, 3.8) is 0 Å². The molecule has 0 aliphatic rings. The highest BCUT2D eigenvalue weighted by Gasteiger charge is 2.11. The zero-order valence-corrected chi connectivity index (χ0v) is 14.1. The summed E-state index contributed by atoms with van der Waals surface area (Å²) in [6.07, 6.45) is 3.05. The summed E-state index contributed by atoms with van der Waals surface area (Å²) in [5, 5.41) is 15.3. The molecule has 3 aromatic rings. The van der Waals surface area contributed by atoms with Gasteiger partial charge in [-0.3, -0.25) is 14.6 Å². The minimum atomic E-state index is -0.386. The highest BCUT2D eigenvalue weighted by atomic mass is 16.3. The van der Waals surface area contributed by atoms with Gasteiger partial charge in [0.2, 0.25) is 0 Å². The van der Waals surface area contributed by atoms with Crippen molar-refractivity contribution >= 4 is 23.2 Å². The van der Waals surface area contributed by atoms with Crippen LogP contribution >= 0.6 is 0 Å². The number of phenolic OH excluding ortho intramolecular Hbond substituents is 1. The minimum Gasteiger partial charge on any atom is -0.506 e. The molecule has 6 heteroatoms. The number of nitrogens with zero attached hydrogens (tertiary/aromatic N) is 1. The fraction of sp³-hybridized carbons (Fsp3) is 0.0500. The average Bonchev–Trinajstić information content (AvgIpc) is 2.65. The van der Waals surface area contributed by atoms with Crippen molar-refractivity contribution in [2.75, 3.05) is 10.6 Å². The Hall–Kier alpha value is -3.67. The molecule has 0 unspecified atom stereocenters. The number of hydrogen-bond donors (Lipinski definition) is 3. The summed E-state index contributed by atoms with van der Waals surface area (Å²) in [5.74, 6) is -0.708. The number of aromatic nitrogens is 1. The molecule has 0 saturated heterocycles. The molecule has 3 N–H and O–H groups in total. The normalized spacial score (nSPS) is 10.2. The van der Waals surface area contributed by atoms with E-state index in [-0.39, 0.29) is 17.6 Å². The Bertz CT molecular complexity index is 956.